The molecule has 0 bridgehead atoms. The van der Waals surface area contributed by atoms with Crippen LogP contribution in [-0.4, -0.2) is 244 Å². The monoisotopic (exact) mass is 1580 g/mol. The maximum absolute atomic E-state index is 15.1. The summed E-state index contributed by atoms with van der Waals surface area (Å²) >= 11 is 0. The summed E-state index contributed by atoms with van der Waals surface area (Å²) in [4.78, 5) is 218. The summed E-state index contributed by atoms with van der Waals surface area (Å²) in [7, 11) is 0. The summed E-state index contributed by atoms with van der Waals surface area (Å²) in [5, 5.41) is 111. The number of aromatic amines is 1. The third kappa shape index (κ3) is 29.6. The number of aromatic hydroxyl groups is 2. The average Bonchev–Trinajstić information content (AvgIpc) is 1.68. The van der Waals surface area contributed by atoms with E-state index in [1.54, 1.807) is 80.0 Å². The Labute approximate surface area is 646 Å². The number of amides is 13. The summed E-state index contributed by atoms with van der Waals surface area (Å²) < 4.78 is 0. The molecule has 0 radical (unpaired) electrons. The van der Waals surface area contributed by atoms with Crippen LogP contribution in [0.4, 0.5) is 0 Å². The van der Waals surface area contributed by atoms with Crippen molar-refractivity contribution in [1.82, 2.24) is 74.1 Å². The van der Waals surface area contributed by atoms with Crippen molar-refractivity contribution < 1.29 is 118 Å². The van der Waals surface area contributed by atoms with E-state index in [0.29, 0.717) is 33.2 Å². The fourth-order valence-corrected chi connectivity index (χ4v) is 11.2. The molecule has 39 heteroatoms. The lowest BCUT2D eigenvalue weighted by Crippen LogP contribution is -2.62. The van der Waals surface area contributed by atoms with Gasteiger partial charge in [0, 0.05) is 42.8 Å². The van der Waals surface area contributed by atoms with Crippen LogP contribution in [0.25, 0.3) is 10.9 Å². The Bertz CT molecular complexity index is 4200. The van der Waals surface area contributed by atoms with Crippen molar-refractivity contribution in [2.45, 2.75) is 184 Å². The first kappa shape index (κ1) is 91.0. The first-order chi connectivity index (χ1) is 53.2. The maximum atomic E-state index is 15.1. The van der Waals surface area contributed by atoms with Crippen molar-refractivity contribution in [2.75, 3.05) is 13.2 Å². The number of carbonyl (C=O) groups is 16. The highest BCUT2D eigenvalue weighted by molar-refractivity contribution is 6.01. The van der Waals surface area contributed by atoms with Crippen LogP contribution in [-0.2, 0) is 102 Å². The molecule has 0 spiro atoms. The van der Waals surface area contributed by atoms with E-state index in [-0.39, 0.29) is 49.5 Å². The zero-order valence-corrected chi connectivity index (χ0v) is 62.7. The second-order valence-electron chi connectivity index (χ2n) is 27.3. The minimum absolute atomic E-state index is 0.0191. The molecule has 0 saturated heterocycles. The lowest BCUT2D eigenvalue weighted by Gasteiger charge is -2.28. The number of phenols is 2. The van der Waals surface area contributed by atoms with Crippen molar-refractivity contribution in [3.05, 3.63) is 132 Å². The second kappa shape index (κ2) is 43.7. The van der Waals surface area contributed by atoms with E-state index in [1.807, 2.05) is 5.32 Å². The van der Waals surface area contributed by atoms with Crippen LogP contribution in [0.5, 0.6) is 11.5 Å². The zero-order valence-electron chi connectivity index (χ0n) is 62.7. The van der Waals surface area contributed by atoms with Gasteiger partial charge >= 0.3 is 17.9 Å². The van der Waals surface area contributed by atoms with Crippen molar-refractivity contribution in [3.8, 4) is 11.5 Å². The molecule has 5 rings (SSSR count). The number of aliphatic hydroxyl groups is 3. The molecular formula is C74H97N15O24. The molecule has 13 amide bonds. The minimum Gasteiger partial charge on any atom is -0.508 e. The molecule has 1 heterocycles. The van der Waals surface area contributed by atoms with Crippen LogP contribution in [0, 0.1) is 5.92 Å². The first-order valence-electron chi connectivity index (χ1n) is 35.7. The molecule has 0 aliphatic carbocycles. The molecule has 0 unspecified atom stereocenters. The van der Waals surface area contributed by atoms with Crippen molar-refractivity contribution >= 4 is 106 Å². The van der Waals surface area contributed by atoms with Crippen LogP contribution in [0.15, 0.2) is 109 Å². The van der Waals surface area contributed by atoms with Gasteiger partial charge in [-0.25, -0.2) is 4.79 Å². The van der Waals surface area contributed by atoms with E-state index >= 15 is 9.59 Å². The minimum atomic E-state index is -2.13. The lowest BCUT2D eigenvalue weighted by molar-refractivity contribution is -0.148. The third-order valence-electron chi connectivity index (χ3n) is 17.3. The summed E-state index contributed by atoms with van der Waals surface area (Å²) in [5.41, 5.74) is 7.98. The number of para-hydroxylation sites is 1. The normalized spacial score (nSPS) is 15.1. The fraction of sp³-hybridized carbons (Fsp3) is 0.432. The molecule has 113 heavy (non-hydrogen) atoms. The number of carboxylic acid groups (broad SMARTS) is 3. The van der Waals surface area contributed by atoms with Gasteiger partial charge in [0.25, 0.3) is 0 Å². The van der Waals surface area contributed by atoms with Gasteiger partial charge in [0.1, 0.15) is 84.0 Å². The van der Waals surface area contributed by atoms with Gasteiger partial charge in [-0.3, -0.25) is 71.9 Å². The standard InChI is InChI=1S/C74H97N15O24/c1-35(2)25-49(80-63(101)37(4)79-67(105)51(28-43-19-23-46(94)24-20-43)83-71(109)56(34-90)87-62(100)36(3)75)66(104)78-38(5)64(102)81-52(26-41-13-9-8-10-14-41)68(106)84-53(29-44-32-76-48-16-12-11-15-47(44)48)69(107)82-50(27-42-17-21-45(93)22-18-42)65(103)77-33-57(95)88-60(39(6)91)73(111)89-61(40(7)92)72(110)85-54(30-58(96)97)70(108)86-55(74(112)113)31-59(98)99/h8-24,32,35-40,49-56,60-61,76,90-94H,25-31,33-34,75H2,1-7H3,(H,77,103)(H,78,104)(H,79,105)(H,80,101)(H,81,102)(H,82,107)(H,83,109)(H,84,106)(H,85,110)(H,86,108)(H,87,100)(H,88,95)(H,89,111)(H,96,97)(H,98,99)(H,112,113)/t36-,37-,38-,39+,40+,49-,50-,51-,52-,53-,54-,55-,56-,60-,61-/m0/s1. The second-order valence-corrected chi connectivity index (χ2v) is 27.3. The van der Waals surface area contributed by atoms with Crippen LogP contribution < -0.4 is 74.9 Å². The van der Waals surface area contributed by atoms with E-state index in [1.165, 1.54) is 69.3 Å². The van der Waals surface area contributed by atoms with Gasteiger partial charge in [0.2, 0.25) is 76.8 Å². The van der Waals surface area contributed by atoms with E-state index in [4.69, 9.17) is 10.8 Å². The summed E-state index contributed by atoms with van der Waals surface area (Å²) in [5.74, 6) is -19.7. The Kier molecular flexibility index (Phi) is 35.2. The topological polar surface area (TPSA) is 633 Å². The molecule has 0 aliphatic rings. The number of nitrogens with two attached hydrogens (primary N) is 1. The predicted octanol–water partition coefficient (Wildman–Crippen LogP) is -5.00. The van der Waals surface area contributed by atoms with E-state index in [2.05, 4.69) is 63.5 Å². The van der Waals surface area contributed by atoms with Gasteiger partial charge in [-0.15, -0.1) is 0 Å². The SMILES string of the molecule is CC(C)C[C@H](NC(=O)[C@H](C)NC(=O)[C@H](Cc1ccc(O)cc1)NC(=O)[C@H](CO)NC(=O)[C@H](C)N)C(=O)N[C@@H](C)C(=O)N[C@@H](Cc1ccccc1)C(=O)N[C@@H](Cc1c[nH]c2ccccc12)C(=O)N[C@@H](Cc1ccc(O)cc1)C(=O)NCC(=O)N[C@H](C(=O)N[C@H](C(=O)N[C@@H](CC(=O)O)C(=O)N[C@@H](CC(=O)O)C(=O)O)[C@@H](C)O)[C@@H](C)O. The van der Waals surface area contributed by atoms with Gasteiger partial charge < -0.3 is 121 Å². The van der Waals surface area contributed by atoms with Gasteiger partial charge in [0.15, 0.2) is 0 Å². The number of nitrogens with one attached hydrogen (secondary N) is 14. The number of phenolic OH excluding ortho intramolecular Hbond substituents is 2. The molecule has 0 fully saturated rings. The van der Waals surface area contributed by atoms with Crippen LogP contribution >= 0.6 is 0 Å². The van der Waals surface area contributed by atoms with Crippen LogP contribution in [0.1, 0.15) is 90.0 Å². The fourth-order valence-electron chi connectivity index (χ4n) is 11.2. The molecule has 24 N–H and O–H groups in total. The number of hydrogen-bond acceptors (Lipinski definition) is 22. The summed E-state index contributed by atoms with van der Waals surface area (Å²) in [6.07, 6.45) is -5.61. The largest absolute Gasteiger partial charge is 0.508 e. The quantitative estimate of drug-likeness (QED) is 0.0174. The highest BCUT2D eigenvalue weighted by Crippen LogP contribution is 2.21. The number of hydrogen-bond donors (Lipinski definition) is 23. The number of carboxylic acids is 3. The van der Waals surface area contributed by atoms with Gasteiger partial charge in [-0.05, 0) is 99.5 Å². The molecule has 15 atom stereocenters. The van der Waals surface area contributed by atoms with Gasteiger partial charge in [-0.1, -0.05) is 86.6 Å². The number of aliphatic carboxylic acids is 3. The Morgan fingerprint density at radius 1 is 0.389 bits per heavy atom. The molecule has 4 aromatic carbocycles. The highest BCUT2D eigenvalue weighted by atomic mass is 16.4. The molecule has 612 valence electrons. The number of aromatic nitrogens is 1. The molecule has 0 aliphatic heterocycles. The zero-order chi connectivity index (χ0) is 84.1. The van der Waals surface area contributed by atoms with E-state index in [9.17, 15) is 103 Å². The Morgan fingerprint density at radius 3 is 1.25 bits per heavy atom. The number of rotatable bonds is 44. The number of fused-ring (bicyclic) bond motifs is 1. The van der Waals surface area contributed by atoms with E-state index < -0.39 is 211 Å². The van der Waals surface area contributed by atoms with E-state index in [0.717, 1.165) is 13.8 Å². The first-order valence-corrected chi connectivity index (χ1v) is 35.7. The molecular weight excluding hydrogens is 1480 g/mol. The Hall–Kier alpha value is -12.6. The van der Waals surface area contributed by atoms with Gasteiger partial charge in [0.05, 0.1) is 44.2 Å². The lowest BCUT2D eigenvalue weighted by atomic mass is 10.0. The Morgan fingerprint density at radius 2 is 0.770 bits per heavy atom. The number of aliphatic hydroxyl groups excluding tert-OH is 3. The smallest absolute Gasteiger partial charge is 0.326 e. The summed E-state index contributed by atoms with van der Waals surface area (Å²) in [6.45, 7) is 7.49. The van der Waals surface area contributed by atoms with Crippen LogP contribution in [0.3, 0.4) is 0 Å². The molecule has 0 saturated carbocycles. The maximum Gasteiger partial charge on any atom is 0.326 e. The predicted molar refractivity (Wildman–Crippen MR) is 399 cm³/mol. The van der Waals surface area contributed by atoms with Crippen LogP contribution in [0.2, 0.25) is 0 Å². The number of H-pyrrole nitrogens is 1. The Balaban J connectivity index is 1.36. The third-order valence-corrected chi connectivity index (χ3v) is 17.3. The average molecular weight is 1580 g/mol. The van der Waals surface area contributed by atoms with Gasteiger partial charge in [-0.2, -0.15) is 0 Å². The number of benzene rings is 4. The van der Waals surface area contributed by atoms with Crippen molar-refractivity contribution in [2.24, 2.45) is 11.7 Å². The molecule has 5 aromatic rings. The number of carbonyl (C=O) groups excluding carboxylic acids is 13. The molecule has 1 aromatic heterocycles. The van der Waals surface area contributed by atoms with Crippen molar-refractivity contribution in [3.63, 3.8) is 0 Å². The highest BCUT2D eigenvalue weighted by Gasteiger charge is 2.39. The molecule has 39 nitrogen and oxygen atoms in total. The summed E-state index contributed by atoms with van der Waals surface area (Å²) in [6, 6.07) is 4.77. The van der Waals surface area contributed by atoms with Crippen molar-refractivity contribution in [1.29, 1.82) is 0 Å².